The zero-order valence-corrected chi connectivity index (χ0v) is 18.1. The molecular weight excluding hydrogens is 362 g/mol. The summed E-state index contributed by atoms with van der Waals surface area (Å²) in [5.74, 6) is -0.591. The normalized spacial score (nSPS) is 12.9. The maximum atomic E-state index is 12.7. The molecule has 0 aromatic heterocycles. The molecule has 1 amide bonds. The number of methoxy groups -OCH3 is 1. The highest BCUT2D eigenvalue weighted by Gasteiger charge is 2.38. The molecule has 27 heavy (non-hydrogen) atoms. The quantitative estimate of drug-likeness (QED) is 0.569. The van der Waals surface area contributed by atoms with E-state index in [0.29, 0.717) is 0 Å². The number of carbonyl (C=O) groups excluding carboxylic acids is 2. The number of amides is 1. The first-order valence-corrected chi connectivity index (χ1v) is 11.9. The van der Waals surface area contributed by atoms with Crippen LogP contribution in [0.3, 0.4) is 0 Å². The number of benzene rings is 1. The minimum Gasteiger partial charge on any atom is -0.468 e. The zero-order chi connectivity index (χ0) is 20.8. The Hall–Kier alpha value is -2.12. The maximum absolute atomic E-state index is 12.7. The molecule has 0 radical (unpaired) electrons. The second-order valence-electron chi connectivity index (χ2n) is 7.90. The third kappa shape index (κ3) is 6.22. The third-order valence-electron chi connectivity index (χ3n) is 4.40. The Balaban J connectivity index is 3.24. The van der Waals surface area contributed by atoms with Gasteiger partial charge in [0, 0.05) is 0 Å². The summed E-state index contributed by atoms with van der Waals surface area (Å²) < 4.78 is 10.2. The minimum absolute atomic E-state index is 0.324. The summed E-state index contributed by atoms with van der Waals surface area (Å²) in [7, 11) is -1.00. The van der Waals surface area contributed by atoms with Gasteiger partial charge in [-0.2, -0.15) is 0 Å². The first-order valence-electron chi connectivity index (χ1n) is 8.86. The van der Waals surface area contributed by atoms with Crippen LogP contribution in [0.25, 0.3) is 0 Å². The van der Waals surface area contributed by atoms with Crippen molar-refractivity contribution in [1.29, 1.82) is 0 Å². The van der Waals surface area contributed by atoms with E-state index in [-0.39, 0.29) is 13.2 Å². The van der Waals surface area contributed by atoms with E-state index in [1.165, 1.54) is 12.0 Å². The molecule has 1 N–H and O–H groups in total. The van der Waals surface area contributed by atoms with Crippen LogP contribution in [-0.4, -0.2) is 62.0 Å². The van der Waals surface area contributed by atoms with E-state index in [1.54, 1.807) is 20.8 Å². The molecule has 0 spiro atoms. The number of hydrogen-bond acceptors (Lipinski definition) is 5. The standard InChI is InChI=1S/C20H31NO5Si/c1-15(27(6,7)16-11-9-8-10-12-16)17(14-22)21(13-18(23)25-5)19(24)26-20(2,3)4/h8-12,17,22H,1,13-14H2,2-7H3/t17-/m0/s1. The van der Waals surface area contributed by atoms with E-state index in [1.807, 2.05) is 30.3 Å². The fourth-order valence-corrected chi connectivity index (χ4v) is 5.16. The topological polar surface area (TPSA) is 76.1 Å². The summed E-state index contributed by atoms with van der Waals surface area (Å²) in [6.45, 7) is 12.9. The van der Waals surface area contributed by atoms with Gasteiger partial charge in [0.05, 0.1) is 19.8 Å². The first-order chi connectivity index (χ1) is 12.4. The molecule has 1 aromatic carbocycles. The van der Waals surface area contributed by atoms with Crippen LogP contribution < -0.4 is 5.19 Å². The number of nitrogens with zero attached hydrogens (tertiary/aromatic N) is 1. The molecule has 0 saturated carbocycles. The van der Waals surface area contributed by atoms with Crippen molar-refractivity contribution in [1.82, 2.24) is 4.90 Å². The lowest BCUT2D eigenvalue weighted by molar-refractivity contribution is -0.142. The number of rotatable bonds is 7. The molecular formula is C20H31NO5Si. The number of esters is 1. The molecule has 1 aromatic rings. The predicted molar refractivity (Wildman–Crippen MR) is 109 cm³/mol. The van der Waals surface area contributed by atoms with Crippen LogP contribution in [0, 0.1) is 0 Å². The van der Waals surface area contributed by atoms with Crippen LogP contribution in [0.2, 0.25) is 13.1 Å². The second-order valence-corrected chi connectivity index (χ2v) is 12.4. The summed E-state index contributed by atoms with van der Waals surface area (Å²) in [5.41, 5.74) is -0.737. The molecule has 1 atom stereocenters. The molecule has 0 aliphatic carbocycles. The van der Waals surface area contributed by atoms with Gasteiger partial charge in [-0.15, -0.1) is 6.58 Å². The summed E-state index contributed by atoms with van der Waals surface area (Å²) in [5, 5.41) is 11.9. The summed E-state index contributed by atoms with van der Waals surface area (Å²) in [6.07, 6.45) is -0.689. The average molecular weight is 394 g/mol. The van der Waals surface area contributed by atoms with E-state index in [0.717, 1.165) is 10.4 Å². The monoisotopic (exact) mass is 393 g/mol. The second kappa shape index (κ2) is 9.19. The van der Waals surface area contributed by atoms with Crippen molar-refractivity contribution in [2.24, 2.45) is 0 Å². The lowest BCUT2D eigenvalue weighted by atomic mass is 10.2. The highest BCUT2D eigenvalue weighted by atomic mass is 28.3. The van der Waals surface area contributed by atoms with Crippen LogP contribution in [-0.2, 0) is 14.3 Å². The third-order valence-corrected chi connectivity index (χ3v) is 8.12. The van der Waals surface area contributed by atoms with Crippen LogP contribution >= 0.6 is 0 Å². The molecule has 0 saturated heterocycles. The van der Waals surface area contributed by atoms with Crippen molar-refractivity contribution >= 4 is 25.3 Å². The maximum Gasteiger partial charge on any atom is 0.411 e. The SMILES string of the molecule is C=C([C@H](CO)N(CC(=O)OC)C(=O)OC(C)(C)C)[Si](C)(C)c1ccccc1. The predicted octanol–water partition coefficient (Wildman–Crippen LogP) is 2.47. The lowest BCUT2D eigenvalue weighted by Gasteiger charge is -2.38. The number of ether oxygens (including phenoxy) is 2. The Morgan fingerprint density at radius 3 is 2.22 bits per heavy atom. The molecule has 0 heterocycles. The van der Waals surface area contributed by atoms with Gasteiger partial charge in [0.2, 0.25) is 0 Å². The van der Waals surface area contributed by atoms with Gasteiger partial charge in [-0.05, 0) is 20.8 Å². The van der Waals surface area contributed by atoms with Gasteiger partial charge in [0.1, 0.15) is 20.2 Å². The van der Waals surface area contributed by atoms with E-state index >= 15 is 0 Å². The van der Waals surface area contributed by atoms with Crippen LogP contribution in [0.15, 0.2) is 42.1 Å². The number of aliphatic hydroxyl groups is 1. The molecule has 0 aliphatic rings. The number of hydrogen-bond donors (Lipinski definition) is 1. The molecule has 0 bridgehead atoms. The largest absolute Gasteiger partial charge is 0.468 e. The molecule has 6 nitrogen and oxygen atoms in total. The molecule has 1 rings (SSSR count). The molecule has 150 valence electrons. The zero-order valence-electron chi connectivity index (χ0n) is 17.1. The van der Waals surface area contributed by atoms with E-state index < -0.39 is 31.8 Å². The molecule has 0 aliphatic heterocycles. The van der Waals surface area contributed by atoms with Crippen LogP contribution in [0.1, 0.15) is 20.8 Å². The van der Waals surface area contributed by atoms with Gasteiger partial charge in [-0.3, -0.25) is 9.69 Å². The van der Waals surface area contributed by atoms with Gasteiger partial charge in [-0.25, -0.2) is 4.79 Å². The van der Waals surface area contributed by atoms with Crippen molar-refractivity contribution in [3.05, 3.63) is 42.1 Å². The Kier molecular flexibility index (Phi) is 7.80. The van der Waals surface area contributed by atoms with E-state index in [4.69, 9.17) is 9.47 Å². The smallest absolute Gasteiger partial charge is 0.411 e. The van der Waals surface area contributed by atoms with E-state index in [2.05, 4.69) is 19.7 Å². The fourth-order valence-electron chi connectivity index (χ4n) is 2.68. The molecule has 0 fully saturated rings. The van der Waals surface area contributed by atoms with Gasteiger partial charge < -0.3 is 14.6 Å². The van der Waals surface area contributed by atoms with Crippen LogP contribution in [0.4, 0.5) is 4.79 Å². The Morgan fingerprint density at radius 2 is 1.78 bits per heavy atom. The lowest BCUT2D eigenvalue weighted by Crippen LogP contribution is -2.55. The molecule has 0 unspecified atom stereocenters. The summed E-state index contributed by atoms with van der Waals surface area (Å²) in [4.78, 5) is 25.8. The van der Waals surface area contributed by atoms with Crippen molar-refractivity contribution in [2.75, 3.05) is 20.3 Å². The van der Waals surface area contributed by atoms with Crippen molar-refractivity contribution in [2.45, 2.75) is 45.5 Å². The van der Waals surface area contributed by atoms with Crippen molar-refractivity contribution in [3.8, 4) is 0 Å². The highest BCUT2D eigenvalue weighted by Crippen LogP contribution is 2.23. The van der Waals surface area contributed by atoms with Gasteiger partial charge in [-0.1, -0.05) is 53.8 Å². The van der Waals surface area contributed by atoms with Gasteiger partial charge >= 0.3 is 12.1 Å². The first kappa shape index (κ1) is 22.9. The highest BCUT2D eigenvalue weighted by molar-refractivity contribution is 6.95. The van der Waals surface area contributed by atoms with Gasteiger partial charge in [0.15, 0.2) is 0 Å². The van der Waals surface area contributed by atoms with Crippen molar-refractivity contribution < 1.29 is 24.2 Å². The fraction of sp³-hybridized carbons (Fsp3) is 0.500. The minimum atomic E-state index is -2.25. The number of aliphatic hydroxyl groups excluding tert-OH is 1. The van der Waals surface area contributed by atoms with Crippen molar-refractivity contribution in [3.63, 3.8) is 0 Å². The number of carbonyl (C=O) groups is 2. The Bertz CT molecular complexity index is 667. The van der Waals surface area contributed by atoms with Crippen LogP contribution in [0.5, 0.6) is 0 Å². The summed E-state index contributed by atoms with van der Waals surface area (Å²) in [6, 6.07) is 9.12. The average Bonchev–Trinajstić information content (AvgIpc) is 2.60. The van der Waals surface area contributed by atoms with Gasteiger partial charge in [0.25, 0.3) is 0 Å². The Morgan fingerprint density at radius 1 is 1.22 bits per heavy atom. The Labute approximate surface area is 162 Å². The van der Waals surface area contributed by atoms with E-state index in [9.17, 15) is 14.7 Å². The molecule has 7 heteroatoms. The summed E-state index contributed by atoms with van der Waals surface area (Å²) >= 11 is 0.